The molecule has 0 amide bonds. The standard InChI is InChI=1S/C9H19O3S3Si/c1-5-10-13-8(4)9(16,14-11-6-2)15-12-7-3/h8H,5-7H2,1-4H3. The predicted molar refractivity (Wildman–Crippen MR) is 75.6 cm³/mol. The van der Waals surface area contributed by atoms with Crippen LogP contribution >= 0.6 is 36.1 Å². The van der Waals surface area contributed by atoms with Crippen molar-refractivity contribution in [2.24, 2.45) is 0 Å². The first-order valence-electron chi connectivity index (χ1n) is 5.25. The summed E-state index contributed by atoms with van der Waals surface area (Å²) in [5, 5.41) is 0.192. The lowest BCUT2D eigenvalue weighted by Gasteiger charge is -2.30. The molecule has 0 fully saturated rings. The molecule has 7 heteroatoms. The van der Waals surface area contributed by atoms with E-state index in [9.17, 15) is 0 Å². The van der Waals surface area contributed by atoms with E-state index in [4.69, 9.17) is 12.5 Å². The Kier molecular flexibility index (Phi) is 10.8. The van der Waals surface area contributed by atoms with Crippen LogP contribution in [-0.4, -0.2) is 39.0 Å². The summed E-state index contributed by atoms with van der Waals surface area (Å²) in [7, 11) is 3.72. The highest BCUT2D eigenvalue weighted by Crippen LogP contribution is 2.43. The quantitative estimate of drug-likeness (QED) is 0.349. The summed E-state index contributed by atoms with van der Waals surface area (Å²) in [5.74, 6) is 0. The molecule has 0 aliphatic rings. The highest BCUT2D eigenvalue weighted by molar-refractivity contribution is 8.17. The molecule has 0 aromatic heterocycles. The minimum atomic E-state index is -0.355. The molecule has 1 unspecified atom stereocenters. The topological polar surface area (TPSA) is 27.7 Å². The molecule has 1 atom stereocenters. The molecule has 0 aromatic rings. The third kappa shape index (κ3) is 6.78. The third-order valence-electron chi connectivity index (χ3n) is 1.47. The summed E-state index contributed by atoms with van der Waals surface area (Å²) < 4.78 is 15.8. The van der Waals surface area contributed by atoms with Crippen LogP contribution in [0.3, 0.4) is 0 Å². The zero-order valence-corrected chi connectivity index (χ0v) is 13.6. The van der Waals surface area contributed by atoms with Crippen molar-refractivity contribution in [1.29, 1.82) is 0 Å². The average Bonchev–Trinajstić information content (AvgIpc) is 2.30. The summed E-state index contributed by atoms with van der Waals surface area (Å²) in [6, 6.07) is 0. The molecule has 0 spiro atoms. The monoisotopic (exact) mass is 299 g/mol. The summed E-state index contributed by atoms with van der Waals surface area (Å²) in [4.78, 5) is 0. The lowest BCUT2D eigenvalue weighted by molar-refractivity contribution is 0.383. The Morgan fingerprint density at radius 3 is 1.81 bits per heavy atom. The molecular weight excluding hydrogens is 280 g/mol. The molecule has 0 bridgehead atoms. The van der Waals surface area contributed by atoms with Crippen molar-refractivity contribution >= 4 is 46.4 Å². The Bertz CT molecular complexity index is 166. The smallest absolute Gasteiger partial charge is 0.110 e. The minimum absolute atomic E-state index is 0.192. The fourth-order valence-electron chi connectivity index (χ4n) is 0.676. The van der Waals surface area contributed by atoms with Gasteiger partial charge in [-0.3, -0.25) is 0 Å². The van der Waals surface area contributed by atoms with E-state index in [0.717, 1.165) is 0 Å². The molecule has 3 radical (unpaired) electrons. The van der Waals surface area contributed by atoms with Gasteiger partial charge in [0.15, 0.2) is 0 Å². The minimum Gasteiger partial charge on any atom is -0.315 e. The lowest BCUT2D eigenvalue weighted by atomic mass is 10.5. The first-order valence-corrected chi connectivity index (χ1v) is 8.04. The maximum absolute atomic E-state index is 5.40. The van der Waals surface area contributed by atoms with Crippen molar-refractivity contribution in [2.45, 2.75) is 36.6 Å². The van der Waals surface area contributed by atoms with Crippen molar-refractivity contribution in [2.75, 3.05) is 19.8 Å². The van der Waals surface area contributed by atoms with E-state index < -0.39 is 0 Å². The summed E-state index contributed by atoms with van der Waals surface area (Å²) in [5.41, 5.74) is 0. The van der Waals surface area contributed by atoms with E-state index in [1.165, 1.54) is 36.1 Å². The second-order valence-electron chi connectivity index (χ2n) is 2.79. The Morgan fingerprint density at radius 1 is 1.00 bits per heavy atom. The van der Waals surface area contributed by atoms with Crippen molar-refractivity contribution in [3.8, 4) is 0 Å². The second-order valence-corrected chi connectivity index (χ2v) is 7.79. The zero-order chi connectivity index (χ0) is 12.4. The third-order valence-corrected chi connectivity index (χ3v) is 6.24. The van der Waals surface area contributed by atoms with Gasteiger partial charge >= 0.3 is 0 Å². The van der Waals surface area contributed by atoms with E-state index in [1.54, 1.807) is 0 Å². The van der Waals surface area contributed by atoms with Crippen LogP contribution in [0.25, 0.3) is 0 Å². The van der Waals surface area contributed by atoms with Gasteiger partial charge in [0.05, 0.1) is 35.3 Å². The average molecular weight is 300 g/mol. The summed E-state index contributed by atoms with van der Waals surface area (Å²) in [6.45, 7) is 9.99. The molecule has 16 heavy (non-hydrogen) atoms. The molecule has 0 saturated carbocycles. The van der Waals surface area contributed by atoms with Gasteiger partial charge in [-0.1, -0.05) is 0 Å². The van der Waals surface area contributed by atoms with Crippen LogP contribution in [0.2, 0.25) is 0 Å². The second kappa shape index (κ2) is 10.1. The van der Waals surface area contributed by atoms with Crippen LogP contribution < -0.4 is 0 Å². The van der Waals surface area contributed by atoms with E-state index >= 15 is 0 Å². The van der Waals surface area contributed by atoms with Crippen LogP contribution in [0.4, 0.5) is 0 Å². The molecule has 3 nitrogen and oxygen atoms in total. The van der Waals surface area contributed by atoms with Gasteiger partial charge in [-0.05, 0) is 39.7 Å². The lowest BCUT2D eigenvalue weighted by Crippen LogP contribution is -2.33. The highest BCUT2D eigenvalue weighted by atomic mass is 32.2. The fourth-order valence-corrected chi connectivity index (χ4v) is 3.37. The van der Waals surface area contributed by atoms with Gasteiger partial charge in [0.1, 0.15) is 3.70 Å². The van der Waals surface area contributed by atoms with Gasteiger partial charge in [0, 0.05) is 24.1 Å². The Balaban J connectivity index is 4.24. The summed E-state index contributed by atoms with van der Waals surface area (Å²) in [6.07, 6.45) is 0. The van der Waals surface area contributed by atoms with Gasteiger partial charge in [-0.15, -0.1) is 0 Å². The molecule has 0 aliphatic heterocycles. The van der Waals surface area contributed by atoms with E-state index in [1.807, 2.05) is 20.8 Å². The van der Waals surface area contributed by atoms with Crippen LogP contribution in [0, 0.1) is 0 Å². The van der Waals surface area contributed by atoms with Crippen molar-refractivity contribution < 1.29 is 12.5 Å². The molecule has 0 aromatic carbocycles. The van der Waals surface area contributed by atoms with Gasteiger partial charge in [0.25, 0.3) is 0 Å². The molecule has 0 aliphatic carbocycles. The van der Waals surface area contributed by atoms with Gasteiger partial charge in [-0.25, -0.2) is 0 Å². The maximum atomic E-state index is 5.40. The molecule has 0 heterocycles. The number of hydrogen-bond donors (Lipinski definition) is 0. The predicted octanol–water partition coefficient (Wildman–Crippen LogP) is 3.25. The van der Waals surface area contributed by atoms with E-state index in [2.05, 4.69) is 17.2 Å². The molecule has 0 rings (SSSR count). The Labute approximate surface area is 115 Å². The number of rotatable bonds is 10. The Morgan fingerprint density at radius 2 is 1.44 bits per heavy atom. The van der Waals surface area contributed by atoms with E-state index in [-0.39, 0.29) is 8.95 Å². The zero-order valence-electron chi connectivity index (χ0n) is 10.1. The first kappa shape index (κ1) is 17.1. The van der Waals surface area contributed by atoms with Crippen LogP contribution in [0.5, 0.6) is 0 Å². The van der Waals surface area contributed by atoms with Crippen molar-refractivity contribution in [1.82, 2.24) is 0 Å². The highest BCUT2D eigenvalue weighted by Gasteiger charge is 2.36. The first-order chi connectivity index (χ1) is 7.60. The van der Waals surface area contributed by atoms with Gasteiger partial charge in [-0.2, -0.15) is 0 Å². The SMILES string of the molecule is CCOSC(C)C([Si])(SOCC)SOCC. The summed E-state index contributed by atoms with van der Waals surface area (Å²) >= 11 is 4.18. The Hall–Kier alpha value is 1.15. The number of hydrogen-bond acceptors (Lipinski definition) is 6. The largest absolute Gasteiger partial charge is 0.315 e. The van der Waals surface area contributed by atoms with Gasteiger partial charge < -0.3 is 12.5 Å². The fraction of sp³-hybridized carbons (Fsp3) is 1.00. The van der Waals surface area contributed by atoms with Crippen LogP contribution in [0.15, 0.2) is 0 Å². The van der Waals surface area contributed by atoms with Crippen LogP contribution in [0.1, 0.15) is 27.7 Å². The molecule has 0 N–H and O–H groups in total. The van der Waals surface area contributed by atoms with Crippen molar-refractivity contribution in [3.63, 3.8) is 0 Å². The van der Waals surface area contributed by atoms with Crippen molar-refractivity contribution in [3.05, 3.63) is 0 Å². The van der Waals surface area contributed by atoms with E-state index in [0.29, 0.717) is 19.8 Å². The van der Waals surface area contributed by atoms with Gasteiger partial charge in [0.2, 0.25) is 0 Å². The molecular formula is C9H19O3S3Si. The molecule has 0 saturated heterocycles. The molecule has 95 valence electrons. The normalized spacial score (nSPS) is 14.1. The maximum Gasteiger partial charge on any atom is 0.110 e. The van der Waals surface area contributed by atoms with Crippen LogP contribution in [-0.2, 0) is 12.5 Å².